The highest BCUT2D eigenvalue weighted by Gasteiger charge is 2.28. The molecule has 0 radical (unpaired) electrons. The van der Waals surface area contributed by atoms with Crippen molar-refractivity contribution in [3.8, 4) is 11.5 Å². The number of nitrogens with zero attached hydrogens (tertiary/aromatic N) is 2. The first kappa shape index (κ1) is 25.3. The molecule has 1 saturated heterocycles. The highest BCUT2D eigenvalue weighted by atomic mass is 35.5. The van der Waals surface area contributed by atoms with Gasteiger partial charge in [-0.2, -0.15) is 0 Å². The molecule has 5 nitrogen and oxygen atoms in total. The maximum absolute atomic E-state index is 12.6. The molecule has 1 heterocycles. The minimum atomic E-state index is 0. The molecule has 2 aromatic carbocycles. The topological polar surface area (TPSA) is 42.0 Å². The highest BCUT2D eigenvalue weighted by Crippen LogP contribution is 2.33. The fourth-order valence-corrected chi connectivity index (χ4v) is 4.35. The van der Waals surface area contributed by atoms with E-state index in [4.69, 9.17) is 21.1 Å². The van der Waals surface area contributed by atoms with Crippen molar-refractivity contribution in [3.05, 3.63) is 53.1 Å². The second kappa shape index (κ2) is 12.2. The van der Waals surface area contributed by atoms with E-state index in [0.29, 0.717) is 17.2 Å². The Balaban J connectivity index is 0.00000341. The van der Waals surface area contributed by atoms with E-state index in [1.165, 1.54) is 0 Å². The fourth-order valence-electron chi connectivity index (χ4n) is 4.12. The molecule has 3 rings (SSSR count). The van der Waals surface area contributed by atoms with E-state index in [9.17, 15) is 4.79 Å². The molecule has 0 N–H and O–H groups in total. The lowest BCUT2D eigenvalue weighted by atomic mass is 10.0. The quantitative estimate of drug-likeness (QED) is 0.533. The molecule has 31 heavy (non-hydrogen) atoms. The van der Waals surface area contributed by atoms with Gasteiger partial charge in [-0.15, -0.1) is 12.4 Å². The molecule has 1 fully saturated rings. The molecule has 0 bridgehead atoms. The van der Waals surface area contributed by atoms with Gasteiger partial charge in [0.25, 0.3) is 0 Å². The molecule has 7 heteroatoms. The van der Waals surface area contributed by atoms with E-state index in [1.54, 1.807) is 14.2 Å². The third-order valence-electron chi connectivity index (χ3n) is 5.78. The number of rotatable bonds is 8. The number of para-hydroxylation sites is 1. The van der Waals surface area contributed by atoms with Crippen LogP contribution in [0.5, 0.6) is 11.5 Å². The van der Waals surface area contributed by atoms with E-state index in [1.807, 2.05) is 54.3 Å². The number of carbonyl (C=O) groups excluding carboxylic acids is 1. The molecule has 0 unspecified atom stereocenters. The van der Waals surface area contributed by atoms with E-state index in [0.717, 1.165) is 55.9 Å². The molecular weight excluding hydrogens is 435 g/mol. The minimum Gasteiger partial charge on any atom is -0.496 e. The van der Waals surface area contributed by atoms with Crippen LogP contribution in [0.2, 0.25) is 5.02 Å². The summed E-state index contributed by atoms with van der Waals surface area (Å²) in [6.45, 7) is 4.80. The SMILES string of the molecule is CCC(=O)N(c1ccccc1)C1CCN(CCc2cc(OC)c(Cl)cc2OC)CC1.Cl. The van der Waals surface area contributed by atoms with Crippen LogP contribution in [-0.2, 0) is 11.2 Å². The standard InChI is InChI=1S/C24H31ClN2O3.ClH/c1-4-24(28)27(19-8-6-5-7-9-19)20-11-14-26(15-12-20)13-10-18-16-23(30-3)21(25)17-22(18)29-2;/h5-9,16-17,20H,4,10-15H2,1-3H3;1H. The van der Waals surface area contributed by atoms with Crippen LogP contribution < -0.4 is 14.4 Å². The van der Waals surface area contributed by atoms with Gasteiger partial charge in [0.1, 0.15) is 11.5 Å². The number of hydrogen-bond acceptors (Lipinski definition) is 4. The van der Waals surface area contributed by atoms with Gasteiger partial charge < -0.3 is 19.3 Å². The summed E-state index contributed by atoms with van der Waals surface area (Å²) in [4.78, 5) is 17.1. The van der Waals surface area contributed by atoms with Gasteiger partial charge >= 0.3 is 0 Å². The summed E-state index contributed by atoms with van der Waals surface area (Å²) in [6, 6.07) is 14.1. The van der Waals surface area contributed by atoms with Crippen LogP contribution in [0.15, 0.2) is 42.5 Å². The molecule has 2 aromatic rings. The molecule has 1 amide bonds. The average molecular weight is 467 g/mol. The summed E-state index contributed by atoms with van der Waals surface area (Å²) >= 11 is 6.22. The van der Waals surface area contributed by atoms with Crippen molar-refractivity contribution in [1.82, 2.24) is 4.90 Å². The molecule has 1 aliphatic rings. The lowest BCUT2D eigenvalue weighted by Gasteiger charge is -2.38. The van der Waals surface area contributed by atoms with Crippen molar-refractivity contribution in [2.45, 2.75) is 38.6 Å². The summed E-state index contributed by atoms with van der Waals surface area (Å²) in [5.74, 6) is 1.65. The Labute approximate surface area is 196 Å². The molecular formula is C24H32Cl2N2O3. The number of amides is 1. The van der Waals surface area contributed by atoms with Gasteiger partial charge in [-0.25, -0.2) is 0 Å². The predicted molar refractivity (Wildman–Crippen MR) is 129 cm³/mol. The number of ether oxygens (including phenoxy) is 2. The smallest absolute Gasteiger partial charge is 0.226 e. The van der Waals surface area contributed by atoms with Gasteiger partial charge in [0.15, 0.2) is 0 Å². The number of benzene rings is 2. The van der Waals surface area contributed by atoms with Gasteiger partial charge in [-0.1, -0.05) is 36.7 Å². The van der Waals surface area contributed by atoms with Crippen LogP contribution in [0.4, 0.5) is 5.69 Å². The van der Waals surface area contributed by atoms with E-state index >= 15 is 0 Å². The van der Waals surface area contributed by atoms with Crippen molar-refractivity contribution in [1.29, 1.82) is 0 Å². The number of carbonyl (C=O) groups is 1. The zero-order chi connectivity index (χ0) is 21.5. The van der Waals surface area contributed by atoms with Crippen LogP contribution in [-0.4, -0.2) is 50.7 Å². The zero-order valence-electron chi connectivity index (χ0n) is 18.5. The van der Waals surface area contributed by atoms with Gasteiger partial charge in [-0.3, -0.25) is 4.79 Å². The van der Waals surface area contributed by atoms with Crippen molar-refractivity contribution in [3.63, 3.8) is 0 Å². The van der Waals surface area contributed by atoms with Crippen LogP contribution in [0.1, 0.15) is 31.7 Å². The number of likely N-dealkylation sites (tertiary alicyclic amines) is 1. The molecule has 0 aromatic heterocycles. The van der Waals surface area contributed by atoms with Gasteiger partial charge in [0.2, 0.25) is 5.91 Å². The zero-order valence-corrected chi connectivity index (χ0v) is 20.0. The Hall–Kier alpha value is -1.95. The van der Waals surface area contributed by atoms with Crippen molar-refractivity contribution >= 4 is 35.6 Å². The largest absolute Gasteiger partial charge is 0.496 e. The molecule has 0 aliphatic carbocycles. The van der Waals surface area contributed by atoms with E-state index in [2.05, 4.69) is 4.90 Å². The van der Waals surface area contributed by atoms with E-state index < -0.39 is 0 Å². The maximum Gasteiger partial charge on any atom is 0.226 e. The van der Waals surface area contributed by atoms with Crippen LogP contribution in [0.25, 0.3) is 0 Å². The third kappa shape index (κ3) is 6.28. The first-order valence-electron chi connectivity index (χ1n) is 10.6. The Kier molecular flexibility index (Phi) is 9.94. The van der Waals surface area contributed by atoms with E-state index in [-0.39, 0.29) is 24.4 Å². The Morgan fingerprint density at radius 3 is 2.32 bits per heavy atom. The normalized spacial score (nSPS) is 14.6. The lowest BCUT2D eigenvalue weighted by molar-refractivity contribution is -0.119. The Morgan fingerprint density at radius 2 is 1.74 bits per heavy atom. The molecule has 1 aliphatic heterocycles. The third-order valence-corrected chi connectivity index (χ3v) is 6.08. The maximum atomic E-state index is 12.6. The molecule has 0 saturated carbocycles. The summed E-state index contributed by atoms with van der Waals surface area (Å²) < 4.78 is 10.9. The second-order valence-electron chi connectivity index (χ2n) is 7.57. The van der Waals surface area contributed by atoms with Crippen LogP contribution >= 0.6 is 24.0 Å². The highest BCUT2D eigenvalue weighted by molar-refractivity contribution is 6.32. The number of piperidine rings is 1. The second-order valence-corrected chi connectivity index (χ2v) is 7.98. The predicted octanol–water partition coefficient (Wildman–Crippen LogP) is 5.23. The van der Waals surface area contributed by atoms with Gasteiger partial charge in [0.05, 0.1) is 19.2 Å². The molecule has 0 atom stereocenters. The number of hydrogen-bond donors (Lipinski definition) is 0. The lowest BCUT2D eigenvalue weighted by Crippen LogP contribution is -2.47. The van der Waals surface area contributed by atoms with Crippen molar-refractivity contribution < 1.29 is 14.3 Å². The molecule has 170 valence electrons. The first-order valence-corrected chi connectivity index (χ1v) is 10.9. The summed E-state index contributed by atoms with van der Waals surface area (Å²) in [7, 11) is 3.29. The van der Waals surface area contributed by atoms with Crippen LogP contribution in [0.3, 0.4) is 0 Å². The number of methoxy groups -OCH3 is 2. The summed E-state index contributed by atoms with van der Waals surface area (Å²) in [6.07, 6.45) is 3.33. The minimum absolute atomic E-state index is 0. The fraction of sp³-hybridized carbons (Fsp3) is 0.458. The Morgan fingerprint density at radius 1 is 1.10 bits per heavy atom. The number of anilines is 1. The number of halogens is 2. The first-order chi connectivity index (χ1) is 14.6. The van der Waals surface area contributed by atoms with Gasteiger partial charge in [-0.05, 0) is 43.0 Å². The monoisotopic (exact) mass is 466 g/mol. The average Bonchev–Trinajstić information content (AvgIpc) is 2.79. The molecule has 0 spiro atoms. The van der Waals surface area contributed by atoms with Crippen molar-refractivity contribution in [2.24, 2.45) is 0 Å². The Bertz CT molecular complexity index is 840. The van der Waals surface area contributed by atoms with Crippen molar-refractivity contribution in [2.75, 3.05) is 38.8 Å². The van der Waals surface area contributed by atoms with Gasteiger partial charge in [0, 0.05) is 43.9 Å². The van der Waals surface area contributed by atoms with Crippen LogP contribution in [0, 0.1) is 0 Å². The summed E-state index contributed by atoms with van der Waals surface area (Å²) in [5.41, 5.74) is 2.09. The summed E-state index contributed by atoms with van der Waals surface area (Å²) in [5, 5.41) is 0.556.